The molecule has 0 aliphatic carbocycles. The third kappa shape index (κ3) is 4.64. The minimum atomic E-state index is -3.70. The Hall–Kier alpha value is -3.11. The molecule has 0 bridgehead atoms. The Labute approximate surface area is 179 Å². The molecule has 4 rings (SSSR count). The van der Waals surface area contributed by atoms with Crippen LogP contribution in [0, 0.1) is 11.7 Å². The summed E-state index contributed by atoms with van der Waals surface area (Å²) in [6, 6.07) is 10.2. The largest absolute Gasteiger partial charge is 0.352 e. The lowest BCUT2D eigenvalue weighted by molar-refractivity contribution is -0.126. The number of carbonyl (C=O) groups is 1. The molecular formula is C21H22FN5O3S. The van der Waals surface area contributed by atoms with Crippen molar-refractivity contribution in [3.05, 3.63) is 72.4 Å². The molecule has 31 heavy (non-hydrogen) atoms. The van der Waals surface area contributed by atoms with Crippen molar-refractivity contribution >= 4 is 15.9 Å². The second-order valence-corrected chi connectivity index (χ2v) is 9.22. The number of halogens is 1. The number of hydrogen-bond acceptors (Lipinski definition) is 5. The molecule has 0 radical (unpaired) electrons. The van der Waals surface area contributed by atoms with Crippen molar-refractivity contribution in [1.82, 2.24) is 24.4 Å². The molecule has 1 amide bonds. The molecule has 10 heteroatoms. The first kappa shape index (κ1) is 21.1. The third-order valence-corrected chi connectivity index (χ3v) is 7.23. The maximum absolute atomic E-state index is 13.1. The molecule has 1 saturated heterocycles. The van der Waals surface area contributed by atoms with Crippen LogP contribution in [0.4, 0.5) is 4.39 Å². The van der Waals surface area contributed by atoms with Crippen LogP contribution in [0.2, 0.25) is 0 Å². The number of nitrogens with one attached hydrogen (secondary N) is 1. The summed E-state index contributed by atoms with van der Waals surface area (Å²) in [7, 11) is -3.70. The van der Waals surface area contributed by atoms with Crippen LogP contribution in [0.1, 0.15) is 18.4 Å². The van der Waals surface area contributed by atoms with Gasteiger partial charge in [0.25, 0.3) is 0 Å². The lowest BCUT2D eigenvalue weighted by atomic mass is 9.97. The molecule has 0 spiro atoms. The lowest BCUT2D eigenvalue weighted by Crippen LogP contribution is -2.42. The highest BCUT2D eigenvalue weighted by Gasteiger charge is 2.32. The minimum Gasteiger partial charge on any atom is -0.352 e. The summed E-state index contributed by atoms with van der Waals surface area (Å²) in [6.07, 6.45) is 5.95. The number of carbonyl (C=O) groups excluding carboxylic acids is 1. The highest BCUT2D eigenvalue weighted by atomic mass is 32.2. The van der Waals surface area contributed by atoms with E-state index in [0.29, 0.717) is 25.2 Å². The van der Waals surface area contributed by atoms with Gasteiger partial charge in [0.1, 0.15) is 5.82 Å². The van der Waals surface area contributed by atoms with Crippen molar-refractivity contribution in [2.75, 3.05) is 13.1 Å². The zero-order valence-electron chi connectivity index (χ0n) is 16.7. The molecule has 1 aromatic carbocycles. The zero-order chi connectivity index (χ0) is 21.8. The predicted octanol–water partition coefficient (Wildman–Crippen LogP) is 2.12. The van der Waals surface area contributed by atoms with Crippen LogP contribution in [0.3, 0.4) is 0 Å². The number of amides is 1. The number of nitrogens with zero attached hydrogens (tertiary/aromatic N) is 4. The molecule has 2 aromatic heterocycles. The molecule has 8 nitrogen and oxygen atoms in total. The van der Waals surface area contributed by atoms with Crippen LogP contribution in [0.5, 0.6) is 0 Å². The predicted molar refractivity (Wildman–Crippen MR) is 111 cm³/mol. The monoisotopic (exact) mass is 443 g/mol. The summed E-state index contributed by atoms with van der Waals surface area (Å²) in [5, 5.41) is 7.12. The Morgan fingerprint density at radius 1 is 1.10 bits per heavy atom. The normalized spacial score (nSPS) is 15.6. The van der Waals surface area contributed by atoms with Gasteiger partial charge in [-0.2, -0.15) is 9.40 Å². The highest BCUT2D eigenvalue weighted by molar-refractivity contribution is 7.89. The van der Waals surface area contributed by atoms with E-state index in [9.17, 15) is 17.6 Å². The molecule has 0 unspecified atom stereocenters. The SMILES string of the molecule is O=C(NCc1cccnc1-n1cccn1)C1CCN(S(=O)(=O)c2ccc(F)cc2)CC1. The van der Waals surface area contributed by atoms with Gasteiger partial charge < -0.3 is 5.32 Å². The molecule has 1 N–H and O–H groups in total. The first-order chi connectivity index (χ1) is 14.9. The van der Waals surface area contributed by atoms with Crippen molar-refractivity contribution < 1.29 is 17.6 Å². The highest BCUT2D eigenvalue weighted by Crippen LogP contribution is 2.24. The molecule has 162 valence electrons. The summed E-state index contributed by atoms with van der Waals surface area (Å²) in [5.74, 6) is -0.231. The number of pyridine rings is 1. The molecule has 1 aliphatic rings. The number of sulfonamides is 1. The van der Waals surface area contributed by atoms with Gasteiger partial charge in [-0.15, -0.1) is 0 Å². The van der Waals surface area contributed by atoms with Crippen molar-refractivity contribution in [2.24, 2.45) is 5.92 Å². The smallest absolute Gasteiger partial charge is 0.243 e. The Kier molecular flexibility index (Phi) is 6.10. The van der Waals surface area contributed by atoms with Crippen LogP contribution >= 0.6 is 0 Å². The van der Waals surface area contributed by atoms with E-state index in [2.05, 4.69) is 15.4 Å². The van der Waals surface area contributed by atoms with Crippen molar-refractivity contribution in [1.29, 1.82) is 0 Å². The molecular weight excluding hydrogens is 421 g/mol. The van der Waals surface area contributed by atoms with Gasteiger partial charge >= 0.3 is 0 Å². The van der Waals surface area contributed by atoms with Gasteiger partial charge in [0.15, 0.2) is 5.82 Å². The fourth-order valence-corrected chi connectivity index (χ4v) is 5.08. The molecule has 3 aromatic rings. The van der Waals surface area contributed by atoms with Crippen LogP contribution in [0.15, 0.2) is 66.0 Å². The second-order valence-electron chi connectivity index (χ2n) is 7.29. The fourth-order valence-electron chi connectivity index (χ4n) is 3.61. The van der Waals surface area contributed by atoms with E-state index in [1.807, 2.05) is 6.07 Å². The Morgan fingerprint density at radius 2 is 1.84 bits per heavy atom. The van der Waals surface area contributed by atoms with Gasteiger partial charge in [-0.05, 0) is 49.2 Å². The summed E-state index contributed by atoms with van der Waals surface area (Å²) in [5.41, 5.74) is 0.830. The fraction of sp³-hybridized carbons (Fsp3) is 0.286. The number of rotatable bonds is 6. The van der Waals surface area contributed by atoms with Gasteiger partial charge in [0.05, 0.1) is 4.90 Å². The van der Waals surface area contributed by atoms with E-state index < -0.39 is 15.8 Å². The molecule has 3 heterocycles. The van der Waals surface area contributed by atoms with Crippen molar-refractivity contribution in [2.45, 2.75) is 24.3 Å². The number of piperidine rings is 1. The van der Waals surface area contributed by atoms with Crippen LogP contribution < -0.4 is 5.32 Å². The average Bonchev–Trinajstić information content (AvgIpc) is 3.33. The summed E-state index contributed by atoms with van der Waals surface area (Å²) in [6.45, 7) is 0.780. The molecule has 0 atom stereocenters. The zero-order valence-corrected chi connectivity index (χ0v) is 17.5. The average molecular weight is 444 g/mol. The van der Waals surface area contributed by atoms with Crippen LogP contribution in [0.25, 0.3) is 5.82 Å². The number of hydrogen-bond donors (Lipinski definition) is 1. The van der Waals surface area contributed by atoms with E-state index in [1.165, 1.54) is 16.4 Å². The molecule has 0 saturated carbocycles. The van der Waals surface area contributed by atoms with E-state index in [4.69, 9.17) is 0 Å². The topological polar surface area (TPSA) is 97.2 Å². The third-order valence-electron chi connectivity index (χ3n) is 5.32. The van der Waals surface area contributed by atoms with Gasteiger partial charge in [-0.25, -0.2) is 22.5 Å². The molecule has 1 fully saturated rings. The lowest BCUT2D eigenvalue weighted by Gasteiger charge is -2.30. The van der Waals surface area contributed by atoms with Gasteiger partial charge in [-0.3, -0.25) is 4.79 Å². The van der Waals surface area contributed by atoms with E-state index >= 15 is 0 Å². The van der Waals surface area contributed by atoms with Crippen LogP contribution in [-0.4, -0.2) is 46.5 Å². The van der Waals surface area contributed by atoms with Gasteiger partial charge in [-0.1, -0.05) is 6.07 Å². The summed E-state index contributed by atoms with van der Waals surface area (Å²) >= 11 is 0. The standard InChI is InChI=1S/C21H22FN5O3S/c22-18-4-6-19(7-5-18)31(29,30)26-13-8-16(9-14-26)21(28)24-15-17-3-1-10-23-20(17)27-12-2-11-25-27/h1-7,10-12,16H,8-9,13-15H2,(H,24,28). The van der Waals surface area contributed by atoms with E-state index in [-0.39, 0.29) is 29.8 Å². The van der Waals surface area contributed by atoms with Crippen molar-refractivity contribution in [3.63, 3.8) is 0 Å². The quantitative estimate of drug-likeness (QED) is 0.630. The summed E-state index contributed by atoms with van der Waals surface area (Å²) < 4.78 is 41.5. The van der Waals surface area contributed by atoms with Gasteiger partial charge in [0.2, 0.25) is 15.9 Å². The van der Waals surface area contributed by atoms with E-state index in [1.54, 1.807) is 35.4 Å². The van der Waals surface area contributed by atoms with Gasteiger partial charge in [0, 0.05) is 49.7 Å². The maximum atomic E-state index is 13.1. The summed E-state index contributed by atoms with van der Waals surface area (Å²) in [4.78, 5) is 17.1. The number of benzene rings is 1. The molecule has 1 aliphatic heterocycles. The first-order valence-corrected chi connectivity index (χ1v) is 11.4. The number of aromatic nitrogens is 3. The Balaban J connectivity index is 1.35. The minimum absolute atomic E-state index is 0.0551. The first-order valence-electron chi connectivity index (χ1n) is 9.92. The Morgan fingerprint density at radius 3 is 2.52 bits per heavy atom. The van der Waals surface area contributed by atoms with Crippen molar-refractivity contribution in [3.8, 4) is 5.82 Å². The Bertz CT molecular complexity index is 1140. The second kappa shape index (κ2) is 8.94. The maximum Gasteiger partial charge on any atom is 0.243 e. The van der Waals surface area contributed by atoms with E-state index in [0.717, 1.165) is 17.7 Å². The van der Waals surface area contributed by atoms with Crippen LogP contribution in [-0.2, 0) is 21.4 Å².